The highest BCUT2D eigenvalue weighted by Gasteiger charge is 2.37. The second-order valence-corrected chi connectivity index (χ2v) is 6.49. The number of hydrogen-bond donors (Lipinski definition) is 3. The number of fused-ring (bicyclic) bond motifs is 1. The molecule has 0 aromatic carbocycles. The molecular formula is C16H21N5. The fourth-order valence-electron chi connectivity index (χ4n) is 2.77. The first-order chi connectivity index (χ1) is 9.90. The van der Waals surface area contributed by atoms with Crippen LogP contribution < -0.4 is 10.6 Å². The molecule has 3 heterocycles. The Morgan fingerprint density at radius 2 is 2.10 bits per heavy atom. The van der Waals surface area contributed by atoms with Gasteiger partial charge in [-0.3, -0.25) is 15.4 Å². The van der Waals surface area contributed by atoms with Crippen molar-refractivity contribution in [1.29, 1.82) is 0 Å². The first-order valence-corrected chi connectivity index (χ1v) is 7.11. The van der Waals surface area contributed by atoms with E-state index in [1.165, 1.54) is 0 Å². The standard InChI is InChI=1S/C16H21N5/c1-11-13(9-18-20-11)16(21-15(2,3)4)7-5-12-6-8-17-10-14(12)19-16/h5-10,19,21H,1-4H3,(H,18,20). The molecule has 1 aliphatic heterocycles. The van der Waals surface area contributed by atoms with Crippen molar-refractivity contribution in [3.8, 4) is 0 Å². The Morgan fingerprint density at radius 3 is 2.76 bits per heavy atom. The summed E-state index contributed by atoms with van der Waals surface area (Å²) in [4.78, 5) is 4.22. The fourth-order valence-corrected chi connectivity index (χ4v) is 2.77. The lowest BCUT2D eigenvalue weighted by molar-refractivity contribution is 0.322. The number of aromatic nitrogens is 3. The van der Waals surface area contributed by atoms with Gasteiger partial charge in [0.2, 0.25) is 0 Å². The van der Waals surface area contributed by atoms with Gasteiger partial charge in [0.25, 0.3) is 0 Å². The summed E-state index contributed by atoms with van der Waals surface area (Å²) in [7, 11) is 0. The van der Waals surface area contributed by atoms with E-state index in [1.54, 1.807) is 6.20 Å². The van der Waals surface area contributed by atoms with Crippen molar-refractivity contribution in [2.24, 2.45) is 0 Å². The maximum Gasteiger partial charge on any atom is 0.138 e. The number of nitrogens with zero attached hydrogens (tertiary/aromatic N) is 2. The third-order valence-corrected chi connectivity index (χ3v) is 3.53. The lowest BCUT2D eigenvalue weighted by atomic mass is 9.91. The molecule has 5 heteroatoms. The highest BCUT2D eigenvalue weighted by atomic mass is 15.2. The normalized spacial score (nSPS) is 21.0. The van der Waals surface area contributed by atoms with E-state index in [2.05, 4.69) is 58.7 Å². The molecular weight excluding hydrogens is 262 g/mol. The summed E-state index contributed by atoms with van der Waals surface area (Å²) >= 11 is 0. The molecule has 0 radical (unpaired) electrons. The minimum absolute atomic E-state index is 0.0687. The average molecular weight is 283 g/mol. The van der Waals surface area contributed by atoms with E-state index >= 15 is 0 Å². The summed E-state index contributed by atoms with van der Waals surface area (Å²) < 4.78 is 0. The quantitative estimate of drug-likeness (QED) is 0.793. The van der Waals surface area contributed by atoms with Gasteiger partial charge in [-0.25, -0.2) is 0 Å². The van der Waals surface area contributed by atoms with Crippen LogP contribution in [0.3, 0.4) is 0 Å². The molecule has 5 nitrogen and oxygen atoms in total. The molecule has 0 saturated carbocycles. The zero-order chi connectivity index (χ0) is 15.1. The maximum atomic E-state index is 4.27. The number of nitrogens with one attached hydrogen (secondary N) is 3. The Bertz CT molecular complexity index is 680. The zero-order valence-electron chi connectivity index (χ0n) is 12.9. The molecule has 110 valence electrons. The van der Waals surface area contributed by atoms with Gasteiger partial charge in [0, 0.05) is 29.1 Å². The van der Waals surface area contributed by atoms with Crippen molar-refractivity contribution in [3.63, 3.8) is 0 Å². The van der Waals surface area contributed by atoms with Crippen molar-refractivity contribution < 1.29 is 0 Å². The summed E-state index contributed by atoms with van der Waals surface area (Å²) in [5.41, 5.74) is 3.64. The Hall–Kier alpha value is -2.14. The van der Waals surface area contributed by atoms with Gasteiger partial charge in [-0.15, -0.1) is 0 Å². The zero-order valence-corrected chi connectivity index (χ0v) is 12.9. The number of pyridine rings is 1. The van der Waals surface area contributed by atoms with Crippen LogP contribution in [0.5, 0.6) is 0 Å². The van der Waals surface area contributed by atoms with Gasteiger partial charge in [0.1, 0.15) is 5.66 Å². The van der Waals surface area contributed by atoms with Gasteiger partial charge in [-0.2, -0.15) is 5.10 Å². The first kappa shape index (κ1) is 13.8. The first-order valence-electron chi connectivity index (χ1n) is 7.11. The second-order valence-electron chi connectivity index (χ2n) is 6.49. The Morgan fingerprint density at radius 1 is 1.29 bits per heavy atom. The molecule has 1 atom stereocenters. The number of hydrogen-bond acceptors (Lipinski definition) is 4. The number of aromatic amines is 1. The molecule has 2 aromatic rings. The van der Waals surface area contributed by atoms with Crippen molar-refractivity contribution >= 4 is 11.8 Å². The van der Waals surface area contributed by atoms with E-state index < -0.39 is 5.66 Å². The summed E-state index contributed by atoms with van der Waals surface area (Å²) in [6.45, 7) is 8.46. The largest absolute Gasteiger partial charge is 0.358 e. The molecule has 0 aliphatic carbocycles. The lowest BCUT2D eigenvalue weighted by Crippen LogP contribution is -2.56. The summed E-state index contributed by atoms with van der Waals surface area (Å²) in [6.07, 6.45) is 9.87. The molecule has 0 fully saturated rings. The Kier molecular flexibility index (Phi) is 3.10. The van der Waals surface area contributed by atoms with Gasteiger partial charge in [0.15, 0.2) is 0 Å². The predicted octanol–water partition coefficient (Wildman–Crippen LogP) is 2.79. The predicted molar refractivity (Wildman–Crippen MR) is 84.8 cm³/mol. The van der Waals surface area contributed by atoms with Crippen molar-refractivity contribution in [2.45, 2.75) is 38.9 Å². The Labute approximate surface area is 124 Å². The minimum Gasteiger partial charge on any atom is -0.358 e. The van der Waals surface area contributed by atoms with Crippen LogP contribution in [0.4, 0.5) is 5.69 Å². The van der Waals surface area contributed by atoms with E-state index in [4.69, 9.17) is 0 Å². The third-order valence-electron chi connectivity index (χ3n) is 3.53. The number of aryl methyl sites for hydroxylation is 1. The molecule has 1 aliphatic rings. The molecule has 0 amide bonds. The molecule has 0 saturated heterocycles. The molecule has 21 heavy (non-hydrogen) atoms. The molecule has 3 rings (SSSR count). The molecule has 0 spiro atoms. The van der Waals surface area contributed by atoms with Gasteiger partial charge in [-0.05, 0) is 39.8 Å². The topological polar surface area (TPSA) is 65.6 Å². The summed E-state index contributed by atoms with van der Waals surface area (Å²) in [6, 6.07) is 2.00. The average Bonchev–Trinajstić information content (AvgIpc) is 2.83. The SMILES string of the molecule is Cc1n[nH]cc1C1(NC(C)(C)C)C=Cc2ccncc2N1. The highest BCUT2D eigenvalue weighted by Crippen LogP contribution is 2.35. The van der Waals surface area contributed by atoms with Gasteiger partial charge < -0.3 is 5.32 Å². The van der Waals surface area contributed by atoms with Crippen LogP contribution in [0, 0.1) is 6.92 Å². The third kappa shape index (κ3) is 2.56. The molecule has 3 N–H and O–H groups in total. The van der Waals surface area contributed by atoms with Crippen molar-refractivity contribution in [3.05, 3.63) is 47.6 Å². The molecule has 0 bridgehead atoms. The fraction of sp³-hybridized carbons (Fsp3) is 0.375. The maximum absolute atomic E-state index is 4.27. The number of H-pyrrole nitrogens is 1. The smallest absolute Gasteiger partial charge is 0.138 e. The van der Waals surface area contributed by atoms with Gasteiger partial charge in [-0.1, -0.05) is 6.08 Å². The summed E-state index contributed by atoms with van der Waals surface area (Å²) in [5, 5.41) is 14.5. The number of rotatable bonds is 2. The monoisotopic (exact) mass is 283 g/mol. The van der Waals surface area contributed by atoms with E-state index in [9.17, 15) is 0 Å². The molecule has 2 aromatic heterocycles. The minimum atomic E-state index is -0.495. The van der Waals surface area contributed by atoms with Gasteiger partial charge >= 0.3 is 0 Å². The van der Waals surface area contributed by atoms with E-state index in [1.807, 2.05) is 25.4 Å². The van der Waals surface area contributed by atoms with Crippen LogP contribution in [0.15, 0.2) is 30.7 Å². The van der Waals surface area contributed by atoms with E-state index in [0.717, 1.165) is 22.5 Å². The van der Waals surface area contributed by atoms with Crippen LogP contribution in [0.1, 0.15) is 37.6 Å². The van der Waals surface area contributed by atoms with E-state index in [0.29, 0.717) is 0 Å². The van der Waals surface area contributed by atoms with Gasteiger partial charge in [0.05, 0.1) is 17.6 Å². The Balaban J connectivity index is 2.10. The van der Waals surface area contributed by atoms with Crippen LogP contribution in [0.25, 0.3) is 6.08 Å². The number of anilines is 1. The van der Waals surface area contributed by atoms with Crippen LogP contribution in [-0.4, -0.2) is 20.7 Å². The highest BCUT2D eigenvalue weighted by molar-refractivity contribution is 5.72. The summed E-state index contributed by atoms with van der Waals surface area (Å²) in [5.74, 6) is 0. The van der Waals surface area contributed by atoms with Crippen LogP contribution in [0.2, 0.25) is 0 Å². The lowest BCUT2D eigenvalue weighted by Gasteiger charge is -2.41. The second kappa shape index (κ2) is 4.70. The van der Waals surface area contributed by atoms with Crippen LogP contribution in [-0.2, 0) is 5.66 Å². The molecule has 1 unspecified atom stereocenters. The van der Waals surface area contributed by atoms with Crippen LogP contribution >= 0.6 is 0 Å². The van der Waals surface area contributed by atoms with Crippen molar-refractivity contribution in [2.75, 3.05) is 5.32 Å². The van der Waals surface area contributed by atoms with Crippen molar-refractivity contribution in [1.82, 2.24) is 20.5 Å². The van der Waals surface area contributed by atoms with E-state index in [-0.39, 0.29) is 5.54 Å².